The smallest absolute Gasteiger partial charge is 0.273 e. The number of amides is 1. The molecule has 1 fully saturated rings. The summed E-state index contributed by atoms with van der Waals surface area (Å²) in [6, 6.07) is 19.2. The molecular formula is C25H24N4O5S. The van der Waals surface area contributed by atoms with Crippen LogP contribution in [-0.4, -0.2) is 59.5 Å². The van der Waals surface area contributed by atoms with Crippen LogP contribution in [0.2, 0.25) is 0 Å². The number of nitrogens with zero attached hydrogens (tertiary/aromatic N) is 3. The first-order valence-electron chi connectivity index (χ1n) is 11.3. The monoisotopic (exact) mass is 492 g/mol. The third kappa shape index (κ3) is 4.38. The zero-order valence-electron chi connectivity index (χ0n) is 18.9. The predicted octanol–water partition coefficient (Wildman–Crippen LogP) is 1.77. The van der Waals surface area contributed by atoms with E-state index in [0.29, 0.717) is 10.8 Å². The van der Waals surface area contributed by atoms with Crippen molar-refractivity contribution in [1.82, 2.24) is 19.0 Å². The molecule has 0 bridgehead atoms. The van der Waals surface area contributed by atoms with Crippen LogP contribution in [0, 0.1) is 0 Å². The lowest BCUT2D eigenvalue weighted by molar-refractivity contribution is -0.132. The van der Waals surface area contributed by atoms with E-state index in [1.807, 2.05) is 24.3 Å². The second-order valence-corrected chi connectivity index (χ2v) is 10.4. The highest BCUT2D eigenvalue weighted by molar-refractivity contribution is 7.89. The standard InChI is InChI=1S/C25H24N4O5S/c30-23(11-12-29-25(32)22-8-4-3-7-21(22)24(31)26-29)27-13-15-28(16-14-27)35(33,34)20-10-9-18-5-1-2-6-19(18)17-20/h1-10,17H,11-16H2,(H,26,31). The first-order valence-corrected chi connectivity index (χ1v) is 12.8. The third-order valence-electron chi connectivity index (χ3n) is 6.38. The summed E-state index contributed by atoms with van der Waals surface area (Å²) in [7, 11) is -3.68. The van der Waals surface area contributed by atoms with E-state index in [9.17, 15) is 22.8 Å². The van der Waals surface area contributed by atoms with E-state index in [4.69, 9.17) is 0 Å². The molecular weight excluding hydrogens is 468 g/mol. The van der Waals surface area contributed by atoms with E-state index in [0.717, 1.165) is 15.5 Å². The Balaban J connectivity index is 1.23. The maximum atomic E-state index is 13.1. The Morgan fingerprint density at radius 2 is 1.49 bits per heavy atom. The second-order valence-electron chi connectivity index (χ2n) is 8.49. The SMILES string of the molecule is O=C(CCn1[nH]c(=O)c2ccccc2c1=O)N1CCN(S(=O)(=O)c2ccc3ccccc3c2)CC1. The van der Waals surface area contributed by atoms with Crippen molar-refractivity contribution < 1.29 is 13.2 Å². The molecule has 1 aliphatic rings. The summed E-state index contributed by atoms with van der Waals surface area (Å²) < 4.78 is 28.8. The van der Waals surface area contributed by atoms with Crippen molar-refractivity contribution in [2.45, 2.75) is 17.9 Å². The van der Waals surface area contributed by atoms with Crippen LogP contribution >= 0.6 is 0 Å². The van der Waals surface area contributed by atoms with Gasteiger partial charge in [-0.25, -0.2) is 13.1 Å². The molecule has 10 heteroatoms. The summed E-state index contributed by atoms with van der Waals surface area (Å²) in [4.78, 5) is 39.5. The molecule has 180 valence electrons. The number of fused-ring (bicyclic) bond motifs is 2. The Morgan fingerprint density at radius 3 is 2.23 bits per heavy atom. The number of benzene rings is 3. The summed E-state index contributed by atoms with van der Waals surface area (Å²) in [6.07, 6.45) is 0.0195. The molecule has 1 saturated heterocycles. The molecule has 1 aromatic heterocycles. The fourth-order valence-electron chi connectivity index (χ4n) is 4.42. The maximum Gasteiger partial charge on any atom is 0.273 e. The van der Waals surface area contributed by atoms with Crippen LogP contribution < -0.4 is 11.1 Å². The van der Waals surface area contributed by atoms with Gasteiger partial charge in [0.05, 0.1) is 22.2 Å². The maximum absolute atomic E-state index is 13.1. The van der Waals surface area contributed by atoms with Gasteiger partial charge >= 0.3 is 0 Å². The summed E-state index contributed by atoms with van der Waals surface area (Å²) in [5.41, 5.74) is -0.751. The van der Waals surface area contributed by atoms with Crippen LogP contribution in [0.3, 0.4) is 0 Å². The average molecular weight is 493 g/mol. The zero-order chi connectivity index (χ0) is 24.6. The number of sulfonamides is 1. The number of carbonyl (C=O) groups excluding carboxylic acids is 1. The Bertz CT molecular complexity index is 1650. The van der Waals surface area contributed by atoms with Crippen molar-refractivity contribution in [2.75, 3.05) is 26.2 Å². The number of carbonyl (C=O) groups is 1. The molecule has 0 radical (unpaired) electrons. The topological polar surface area (TPSA) is 113 Å². The van der Waals surface area contributed by atoms with Gasteiger partial charge in [-0.05, 0) is 35.0 Å². The van der Waals surface area contributed by atoms with Gasteiger partial charge in [-0.15, -0.1) is 0 Å². The molecule has 1 aliphatic heterocycles. The summed E-state index contributed by atoms with van der Waals surface area (Å²) >= 11 is 0. The molecule has 35 heavy (non-hydrogen) atoms. The van der Waals surface area contributed by atoms with E-state index >= 15 is 0 Å². The van der Waals surface area contributed by atoms with Crippen molar-refractivity contribution in [3.05, 3.63) is 87.4 Å². The molecule has 0 atom stereocenters. The Labute approximate surface area is 201 Å². The van der Waals surface area contributed by atoms with E-state index < -0.39 is 10.0 Å². The first kappa shape index (κ1) is 23.0. The largest absolute Gasteiger partial charge is 0.340 e. The lowest BCUT2D eigenvalue weighted by atomic mass is 10.1. The number of hydrogen-bond acceptors (Lipinski definition) is 5. The summed E-state index contributed by atoms with van der Waals surface area (Å²) in [6.45, 7) is 0.929. The fourth-order valence-corrected chi connectivity index (χ4v) is 5.88. The number of aromatic nitrogens is 2. The van der Waals surface area contributed by atoms with E-state index in [1.165, 1.54) is 4.31 Å². The van der Waals surface area contributed by atoms with Gasteiger partial charge in [0.25, 0.3) is 11.1 Å². The highest BCUT2D eigenvalue weighted by Crippen LogP contribution is 2.23. The van der Waals surface area contributed by atoms with Crippen LogP contribution in [0.4, 0.5) is 0 Å². The lowest BCUT2D eigenvalue weighted by Crippen LogP contribution is -2.50. The zero-order valence-corrected chi connectivity index (χ0v) is 19.7. The number of aromatic amines is 1. The number of hydrogen-bond donors (Lipinski definition) is 1. The van der Waals surface area contributed by atoms with Crippen LogP contribution in [0.25, 0.3) is 21.5 Å². The predicted molar refractivity (Wildman–Crippen MR) is 133 cm³/mol. The van der Waals surface area contributed by atoms with Gasteiger partial charge in [-0.2, -0.15) is 4.31 Å². The van der Waals surface area contributed by atoms with Gasteiger partial charge in [-0.3, -0.25) is 19.5 Å². The molecule has 1 amide bonds. The number of piperazine rings is 1. The van der Waals surface area contributed by atoms with Crippen molar-refractivity contribution >= 4 is 37.5 Å². The minimum Gasteiger partial charge on any atom is -0.340 e. The Morgan fingerprint density at radius 1 is 0.829 bits per heavy atom. The number of aryl methyl sites for hydroxylation is 1. The van der Waals surface area contributed by atoms with Crippen molar-refractivity contribution in [3.63, 3.8) is 0 Å². The van der Waals surface area contributed by atoms with Gasteiger partial charge in [-0.1, -0.05) is 42.5 Å². The quantitative estimate of drug-likeness (QED) is 0.456. The van der Waals surface area contributed by atoms with Gasteiger partial charge in [0.1, 0.15) is 0 Å². The molecule has 0 saturated carbocycles. The number of rotatable bonds is 5. The molecule has 2 heterocycles. The molecule has 4 aromatic rings. The Hall–Kier alpha value is -3.76. The Kier molecular flexibility index (Phi) is 6.00. The molecule has 9 nitrogen and oxygen atoms in total. The van der Waals surface area contributed by atoms with Gasteiger partial charge < -0.3 is 4.90 Å². The minimum atomic E-state index is -3.68. The highest BCUT2D eigenvalue weighted by Gasteiger charge is 2.30. The van der Waals surface area contributed by atoms with Crippen molar-refractivity contribution in [2.24, 2.45) is 0 Å². The van der Waals surface area contributed by atoms with Gasteiger partial charge in [0.2, 0.25) is 15.9 Å². The van der Waals surface area contributed by atoms with Gasteiger partial charge in [0, 0.05) is 32.6 Å². The molecule has 0 aliphatic carbocycles. The van der Waals surface area contributed by atoms with Crippen LogP contribution in [-0.2, 0) is 21.4 Å². The summed E-state index contributed by atoms with van der Waals surface area (Å²) in [5, 5.41) is 4.95. The number of H-pyrrole nitrogens is 1. The fraction of sp³-hybridized carbons (Fsp3) is 0.240. The normalized spacial score (nSPS) is 15.0. The van der Waals surface area contributed by atoms with Crippen LogP contribution in [0.15, 0.2) is 81.2 Å². The van der Waals surface area contributed by atoms with Crippen LogP contribution in [0.1, 0.15) is 6.42 Å². The molecule has 3 aromatic carbocycles. The molecule has 5 rings (SSSR count). The van der Waals surface area contributed by atoms with E-state index in [1.54, 1.807) is 47.4 Å². The van der Waals surface area contributed by atoms with Crippen LogP contribution in [0.5, 0.6) is 0 Å². The third-order valence-corrected chi connectivity index (χ3v) is 8.28. The van der Waals surface area contributed by atoms with Crippen molar-refractivity contribution in [3.8, 4) is 0 Å². The molecule has 0 unspecified atom stereocenters. The minimum absolute atomic E-state index is 0.0195. The lowest BCUT2D eigenvalue weighted by Gasteiger charge is -2.34. The second kappa shape index (κ2) is 9.12. The van der Waals surface area contributed by atoms with E-state index in [-0.39, 0.29) is 61.1 Å². The summed E-state index contributed by atoms with van der Waals surface area (Å²) in [5.74, 6) is -0.200. The van der Waals surface area contributed by atoms with E-state index in [2.05, 4.69) is 5.10 Å². The van der Waals surface area contributed by atoms with Crippen molar-refractivity contribution in [1.29, 1.82) is 0 Å². The molecule has 1 N–H and O–H groups in total. The average Bonchev–Trinajstić information content (AvgIpc) is 2.89. The number of nitrogens with one attached hydrogen (secondary N) is 1. The molecule has 0 spiro atoms. The highest BCUT2D eigenvalue weighted by atomic mass is 32.2. The van der Waals surface area contributed by atoms with Gasteiger partial charge in [0.15, 0.2) is 0 Å². The first-order chi connectivity index (χ1) is 16.8.